The van der Waals surface area contributed by atoms with E-state index >= 15 is 0 Å². The van der Waals surface area contributed by atoms with Gasteiger partial charge in [0.25, 0.3) is 0 Å². The molecule has 2 atom stereocenters. The van der Waals surface area contributed by atoms with E-state index in [9.17, 15) is 9.18 Å². The van der Waals surface area contributed by atoms with E-state index in [1.165, 1.54) is 6.07 Å². The van der Waals surface area contributed by atoms with Crippen LogP contribution < -0.4 is 16.4 Å². The van der Waals surface area contributed by atoms with Gasteiger partial charge in [-0.15, -0.1) is 0 Å². The van der Waals surface area contributed by atoms with Crippen LogP contribution in [0.4, 0.5) is 15.8 Å². The largest absolute Gasteiger partial charge is 0.399 e. The first-order valence-corrected chi connectivity index (χ1v) is 6.10. The molecule has 1 heterocycles. The molecular formula is C13H18FN3O. The molecule has 2 rings (SSSR count). The quantitative estimate of drug-likeness (QED) is 0.782. The Morgan fingerprint density at radius 3 is 2.78 bits per heavy atom. The summed E-state index contributed by atoms with van der Waals surface area (Å²) in [4.78, 5) is 13.2. The molecule has 1 aliphatic heterocycles. The van der Waals surface area contributed by atoms with E-state index in [4.69, 9.17) is 11.5 Å². The number of primary amides is 1. The molecule has 98 valence electrons. The van der Waals surface area contributed by atoms with Crippen LogP contribution in [-0.4, -0.2) is 18.5 Å². The molecule has 1 fully saturated rings. The predicted molar refractivity (Wildman–Crippen MR) is 69.5 cm³/mol. The van der Waals surface area contributed by atoms with Crippen molar-refractivity contribution in [3.05, 3.63) is 24.0 Å². The van der Waals surface area contributed by atoms with E-state index in [0.717, 1.165) is 12.8 Å². The highest BCUT2D eigenvalue weighted by Crippen LogP contribution is 2.30. The van der Waals surface area contributed by atoms with Gasteiger partial charge in [0, 0.05) is 18.3 Å². The Labute approximate surface area is 106 Å². The number of halogens is 1. The first kappa shape index (κ1) is 12.7. The average Bonchev–Trinajstić information content (AvgIpc) is 2.30. The molecule has 0 bridgehead atoms. The summed E-state index contributed by atoms with van der Waals surface area (Å²) < 4.78 is 13.9. The molecule has 18 heavy (non-hydrogen) atoms. The van der Waals surface area contributed by atoms with Gasteiger partial charge in [-0.25, -0.2) is 4.39 Å². The van der Waals surface area contributed by atoms with Gasteiger partial charge in [-0.2, -0.15) is 0 Å². The lowest BCUT2D eigenvalue weighted by molar-refractivity contribution is -0.122. The van der Waals surface area contributed by atoms with E-state index in [1.54, 1.807) is 12.1 Å². The molecule has 5 heteroatoms. The van der Waals surface area contributed by atoms with E-state index in [1.807, 2.05) is 11.8 Å². The number of nitrogens with zero attached hydrogens (tertiary/aromatic N) is 1. The normalized spacial score (nSPS) is 24.0. The number of piperidine rings is 1. The number of nitrogen functional groups attached to an aromatic ring is 1. The molecule has 0 radical (unpaired) electrons. The van der Waals surface area contributed by atoms with Crippen molar-refractivity contribution in [2.75, 3.05) is 17.2 Å². The number of hydrogen-bond acceptors (Lipinski definition) is 3. The van der Waals surface area contributed by atoms with Gasteiger partial charge in [0.15, 0.2) is 0 Å². The summed E-state index contributed by atoms with van der Waals surface area (Å²) in [6, 6.07) is 4.82. The van der Waals surface area contributed by atoms with E-state index < -0.39 is 0 Å². The van der Waals surface area contributed by atoms with Crippen LogP contribution in [0.3, 0.4) is 0 Å². The first-order valence-electron chi connectivity index (χ1n) is 6.10. The second-order valence-electron chi connectivity index (χ2n) is 4.89. The molecule has 1 saturated heterocycles. The Balaban J connectivity index is 2.26. The van der Waals surface area contributed by atoms with Crippen LogP contribution in [0.5, 0.6) is 0 Å². The third-order valence-electron chi connectivity index (χ3n) is 3.57. The zero-order valence-electron chi connectivity index (χ0n) is 10.4. The zero-order valence-corrected chi connectivity index (χ0v) is 10.4. The Morgan fingerprint density at radius 2 is 2.17 bits per heavy atom. The highest BCUT2D eigenvalue weighted by molar-refractivity contribution is 5.77. The Bertz CT molecular complexity index is 464. The fourth-order valence-corrected chi connectivity index (χ4v) is 2.43. The van der Waals surface area contributed by atoms with Crippen molar-refractivity contribution in [3.8, 4) is 0 Å². The van der Waals surface area contributed by atoms with Crippen molar-refractivity contribution in [2.45, 2.75) is 25.8 Å². The van der Waals surface area contributed by atoms with Crippen molar-refractivity contribution in [2.24, 2.45) is 11.7 Å². The third-order valence-corrected chi connectivity index (χ3v) is 3.57. The maximum absolute atomic E-state index is 13.9. The maximum atomic E-state index is 13.9. The van der Waals surface area contributed by atoms with Gasteiger partial charge in [-0.3, -0.25) is 4.79 Å². The minimum atomic E-state index is -0.355. The fraction of sp³-hybridized carbons (Fsp3) is 0.462. The molecule has 1 amide bonds. The lowest BCUT2D eigenvalue weighted by Crippen LogP contribution is -2.46. The number of hydrogen-bond donors (Lipinski definition) is 2. The molecule has 0 spiro atoms. The fourth-order valence-electron chi connectivity index (χ4n) is 2.43. The highest BCUT2D eigenvalue weighted by Gasteiger charge is 2.29. The molecule has 1 aliphatic rings. The number of anilines is 2. The Morgan fingerprint density at radius 1 is 1.44 bits per heavy atom. The first-order chi connectivity index (χ1) is 8.49. The number of rotatable bonds is 2. The van der Waals surface area contributed by atoms with Crippen LogP contribution >= 0.6 is 0 Å². The molecule has 1 aromatic carbocycles. The van der Waals surface area contributed by atoms with Crippen LogP contribution in [0, 0.1) is 11.7 Å². The van der Waals surface area contributed by atoms with Gasteiger partial charge in [-0.05, 0) is 38.0 Å². The third kappa shape index (κ3) is 2.39. The molecule has 2 unspecified atom stereocenters. The predicted octanol–water partition coefficient (Wildman–Crippen LogP) is 1.50. The van der Waals surface area contributed by atoms with Crippen LogP contribution in [0.1, 0.15) is 19.8 Å². The van der Waals surface area contributed by atoms with Gasteiger partial charge in [-0.1, -0.05) is 0 Å². The monoisotopic (exact) mass is 251 g/mol. The van der Waals surface area contributed by atoms with Crippen molar-refractivity contribution >= 4 is 17.3 Å². The summed E-state index contributed by atoms with van der Waals surface area (Å²) in [7, 11) is 0. The average molecular weight is 251 g/mol. The summed E-state index contributed by atoms with van der Waals surface area (Å²) in [5, 5.41) is 0. The Kier molecular flexibility index (Phi) is 3.41. The van der Waals surface area contributed by atoms with E-state index in [-0.39, 0.29) is 23.7 Å². The summed E-state index contributed by atoms with van der Waals surface area (Å²) in [5.41, 5.74) is 11.8. The van der Waals surface area contributed by atoms with Crippen LogP contribution in [0.2, 0.25) is 0 Å². The van der Waals surface area contributed by atoms with Gasteiger partial charge >= 0.3 is 0 Å². The van der Waals surface area contributed by atoms with Crippen LogP contribution in [0.15, 0.2) is 18.2 Å². The topological polar surface area (TPSA) is 72.4 Å². The van der Waals surface area contributed by atoms with E-state index in [0.29, 0.717) is 17.9 Å². The van der Waals surface area contributed by atoms with Gasteiger partial charge in [0.1, 0.15) is 5.82 Å². The van der Waals surface area contributed by atoms with Gasteiger partial charge in [0.2, 0.25) is 5.91 Å². The van der Waals surface area contributed by atoms with Crippen molar-refractivity contribution in [1.82, 2.24) is 0 Å². The number of carbonyl (C=O) groups excluding carboxylic acids is 1. The number of amides is 1. The van der Waals surface area contributed by atoms with Crippen LogP contribution in [-0.2, 0) is 4.79 Å². The maximum Gasteiger partial charge on any atom is 0.222 e. The molecular weight excluding hydrogens is 233 g/mol. The molecule has 4 nitrogen and oxygen atoms in total. The van der Waals surface area contributed by atoms with Crippen LogP contribution in [0.25, 0.3) is 0 Å². The molecule has 0 aromatic heterocycles. The summed E-state index contributed by atoms with van der Waals surface area (Å²) >= 11 is 0. The minimum absolute atomic E-state index is 0.193. The lowest BCUT2D eigenvalue weighted by Gasteiger charge is -2.38. The molecule has 4 N–H and O–H groups in total. The second-order valence-corrected chi connectivity index (χ2v) is 4.89. The highest BCUT2D eigenvalue weighted by atomic mass is 19.1. The SMILES string of the molecule is CC1CCC(C(N)=O)CN1c1ccc(N)cc1F. The standard InChI is InChI=1S/C13H18FN3O/c1-8-2-3-9(13(16)18)7-17(8)12-5-4-10(15)6-11(12)14/h4-6,8-9H,2-3,7,15H2,1H3,(H2,16,18). The number of nitrogens with two attached hydrogens (primary N) is 2. The van der Waals surface area contributed by atoms with E-state index in [2.05, 4.69) is 0 Å². The second kappa shape index (κ2) is 4.84. The minimum Gasteiger partial charge on any atom is -0.399 e. The Hall–Kier alpha value is -1.78. The van der Waals surface area contributed by atoms with Crippen molar-refractivity contribution in [3.63, 3.8) is 0 Å². The zero-order chi connectivity index (χ0) is 13.3. The smallest absolute Gasteiger partial charge is 0.222 e. The van der Waals surface area contributed by atoms with Crippen molar-refractivity contribution < 1.29 is 9.18 Å². The summed E-state index contributed by atoms with van der Waals surface area (Å²) in [5.74, 6) is -0.882. The van der Waals surface area contributed by atoms with Gasteiger partial charge in [0.05, 0.1) is 11.6 Å². The summed E-state index contributed by atoms with van der Waals surface area (Å²) in [6.45, 7) is 2.49. The lowest BCUT2D eigenvalue weighted by atomic mass is 9.92. The molecule has 0 saturated carbocycles. The molecule has 0 aliphatic carbocycles. The number of carbonyl (C=O) groups is 1. The van der Waals surface area contributed by atoms with Crippen molar-refractivity contribution in [1.29, 1.82) is 0 Å². The number of benzene rings is 1. The van der Waals surface area contributed by atoms with Gasteiger partial charge < -0.3 is 16.4 Å². The molecule has 1 aromatic rings. The summed E-state index contributed by atoms with van der Waals surface area (Å²) in [6.07, 6.45) is 1.60.